The average molecular weight is 236 g/mol. The van der Waals surface area contributed by atoms with Crippen molar-refractivity contribution in [3.8, 4) is 0 Å². The third-order valence-corrected chi connectivity index (χ3v) is 2.29. The molecule has 2 N–H and O–H groups in total. The molecule has 1 rings (SSSR count). The molecule has 0 fully saturated rings. The van der Waals surface area contributed by atoms with Crippen LogP contribution in [0, 0.1) is 18.6 Å². The van der Waals surface area contributed by atoms with Crippen LogP contribution in [-0.4, -0.2) is 0 Å². The Kier molecular flexibility index (Phi) is 5.76. The fraction of sp³-hybridized carbons (Fsp3) is 0.455. The number of nitrogens with two attached hydrogens (primary N) is 1. The topological polar surface area (TPSA) is 26.0 Å². The van der Waals surface area contributed by atoms with Crippen LogP contribution < -0.4 is 5.73 Å². The molecule has 0 spiro atoms. The molecule has 1 atom stereocenters. The van der Waals surface area contributed by atoms with E-state index in [1.165, 1.54) is 12.1 Å². The van der Waals surface area contributed by atoms with E-state index in [1.54, 1.807) is 6.92 Å². The van der Waals surface area contributed by atoms with Crippen LogP contribution >= 0.6 is 12.4 Å². The monoisotopic (exact) mass is 235 g/mol. The highest BCUT2D eigenvalue weighted by Gasteiger charge is 2.17. The number of halogens is 3. The zero-order valence-corrected chi connectivity index (χ0v) is 9.70. The summed E-state index contributed by atoms with van der Waals surface area (Å²) in [6, 6.07) is 2.15. The molecule has 0 heterocycles. The molecule has 1 aromatic rings. The number of hydrogen-bond acceptors (Lipinski definition) is 1. The maximum atomic E-state index is 13.5. The van der Waals surface area contributed by atoms with E-state index in [-0.39, 0.29) is 18.0 Å². The Morgan fingerprint density at radius 2 is 1.93 bits per heavy atom. The smallest absolute Gasteiger partial charge is 0.133 e. The Morgan fingerprint density at radius 3 is 2.47 bits per heavy atom. The van der Waals surface area contributed by atoms with Gasteiger partial charge in [0.15, 0.2) is 0 Å². The van der Waals surface area contributed by atoms with Crippen LogP contribution in [0.2, 0.25) is 0 Å². The molecule has 0 saturated heterocycles. The Labute approximate surface area is 95.1 Å². The summed E-state index contributed by atoms with van der Waals surface area (Å²) in [5.74, 6) is -1.06. The second-order valence-corrected chi connectivity index (χ2v) is 3.49. The lowest BCUT2D eigenvalue weighted by Crippen LogP contribution is -2.14. The number of hydrogen-bond donors (Lipinski definition) is 1. The van der Waals surface area contributed by atoms with Gasteiger partial charge in [0.05, 0.1) is 0 Å². The molecule has 0 saturated carbocycles. The minimum Gasteiger partial charge on any atom is -0.324 e. The molecule has 0 aliphatic heterocycles. The molecule has 0 aliphatic rings. The predicted molar refractivity (Wildman–Crippen MR) is 60.2 cm³/mol. The van der Waals surface area contributed by atoms with Gasteiger partial charge < -0.3 is 5.73 Å². The maximum Gasteiger partial charge on any atom is 0.133 e. The summed E-state index contributed by atoms with van der Waals surface area (Å²) in [5.41, 5.74) is 6.15. The zero-order chi connectivity index (χ0) is 10.7. The Bertz CT molecular complexity index is 329. The van der Waals surface area contributed by atoms with E-state index < -0.39 is 17.7 Å². The third kappa shape index (κ3) is 3.14. The van der Waals surface area contributed by atoms with Gasteiger partial charge in [-0.15, -0.1) is 12.4 Å². The quantitative estimate of drug-likeness (QED) is 0.853. The van der Waals surface area contributed by atoms with E-state index in [0.29, 0.717) is 12.0 Å². The van der Waals surface area contributed by atoms with Crippen LogP contribution in [0.15, 0.2) is 12.1 Å². The van der Waals surface area contributed by atoms with Gasteiger partial charge in [0.1, 0.15) is 11.6 Å². The summed E-state index contributed by atoms with van der Waals surface area (Å²) in [5, 5.41) is 0. The summed E-state index contributed by atoms with van der Waals surface area (Å²) < 4.78 is 26.8. The van der Waals surface area contributed by atoms with E-state index in [2.05, 4.69) is 0 Å². The van der Waals surface area contributed by atoms with Gasteiger partial charge >= 0.3 is 0 Å². The minimum absolute atomic E-state index is 0. The van der Waals surface area contributed by atoms with Gasteiger partial charge in [0, 0.05) is 11.6 Å². The van der Waals surface area contributed by atoms with Crippen molar-refractivity contribution in [2.24, 2.45) is 5.73 Å². The minimum atomic E-state index is -0.547. The molecule has 0 aromatic heterocycles. The molecule has 0 amide bonds. The van der Waals surface area contributed by atoms with Gasteiger partial charge in [-0.3, -0.25) is 0 Å². The second-order valence-electron chi connectivity index (χ2n) is 3.49. The van der Waals surface area contributed by atoms with Gasteiger partial charge in [-0.05, 0) is 25.0 Å². The van der Waals surface area contributed by atoms with Crippen LogP contribution in [-0.2, 0) is 0 Å². The molecular weight excluding hydrogens is 220 g/mol. The highest BCUT2D eigenvalue weighted by Crippen LogP contribution is 2.24. The largest absolute Gasteiger partial charge is 0.324 e. The van der Waals surface area contributed by atoms with Gasteiger partial charge in [0.25, 0.3) is 0 Å². The first kappa shape index (κ1) is 14.3. The fourth-order valence-corrected chi connectivity index (χ4v) is 1.47. The van der Waals surface area contributed by atoms with E-state index >= 15 is 0 Å². The molecule has 1 aromatic carbocycles. The molecule has 0 aliphatic carbocycles. The fourth-order valence-electron chi connectivity index (χ4n) is 1.47. The highest BCUT2D eigenvalue weighted by molar-refractivity contribution is 5.85. The van der Waals surface area contributed by atoms with Crippen LogP contribution in [0.1, 0.15) is 36.9 Å². The van der Waals surface area contributed by atoms with Crippen molar-refractivity contribution in [3.63, 3.8) is 0 Å². The van der Waals surface area contributed by atoms with Crippen molar-refractivity contribution in [1.29, 1.82) is 0 Å². The Morgan fingerprint density at radius 1 is 1.33 bits per heavy atom. The maximum absolute atomic E-state index is 13.5. The van der Waals surface area contributed by atoms with Gasteiger partial charge in [-0.2, -0.15) is 0 Å². The zero-order valence-electron chi connectivity index (χ0n) is 8.89. The lowest BCUT2D eigenvalue weighted by atomic mass is 10.00. The van der Waals surface area contributed by atoms with E-state index in [9.17, 15) is 8.78 Å². The van der Waals surface area contributed by atoms with E-state index in [0.717, 1.165) is 6.42 Å². The number of rotatable bonds is 3. The first-order valence-electron chi connectivity index (χ1n) is 4.78. The molecule has 4 heteroatoms. The molecule has 0 radical (unpaired) electrons. The van der Waals surface area contributed by atoms with E-state index in [1.807, 2.05) is 6.92 Å². The van der Waals surface area contributed by atoms with Crippen molar-refractivity contribution in [1.82, 2.24) is 0 Å². The van der Waals surface area contributed by atoms with Crippen LogP contribution in [0.25, 0.3) is 0 Å². The van der Waals surface area contributed by atoms with E-state index in [4.69, 9.17) is 5.73 Å². The molecule has 1 nitrogen and oxygen atoms in total. The number of aryl methyl sites for hydroxylation is 1. The van der Waals surface area contributed by atoms with Crippen LogP contribution in [0.4, 0.5) is 8.78 Å². The van der Waals surface area contributed by atoms with Crippen molar-refractivity contribution in [3.05, 3.63) is 34.9 Å². The third-order valence-electron chi connectivity index (χ3n) is 2.29. The number of benzene rings is 1. The predicted octanol–water partition coefficient (Wildman–Crippen LogP) is 3.49. The summed E-state index contributed by atoms with van der Waals surface area (Å²) in [7, 11) is 0. The summed E-state index contributed by atoms with van der Waals surface area (Å²) >= 11 is 0. The van der Waals surface area contributed by atoms with Gasteiger partial charge in [-0.25, -0.2) is 8.78 Å². The molecule has 0 unspecified atom stereocenters. The standard InChI is InChI=1S/C11H15F2N.ClH/c1-3-4-9(14)10-8(12)6-5-7(2)11(10)13;/h5-6,9H,3-4,14H2,1-2H3;1H/t9-;/m0./s1. The summed E-state index contributed by atoms with van der Waals surface area (Å²) in [6.45, 7) is 3.54. The summed E-state index contributed by atoms with van der Waals surface area (Å²) in [4.78, 5) is 0. The van der Waals surface area contributed by atoms with Crippen LogP contribution in [0.5, 0.6) is 0 Å². The molecule has 86 valence electrons. The molecule has 15 heavy (non-hydrogen) atoms. The Hall–Kier alpha value is -0.670. The van der Waals surface area contributed by atoms with Crippen LogP contribution in [0.3, 0.4) is 0 Å². The second kappa shape index (κ2) is 6.03. The molecule has 0 bridgehead atoms. The average Bonchev–Trinajstić information content (AvgIpc) is 2.13. The normalized spacial score (nSPS) is 12.1. The van der Waals surface area contributed by atoms with Gasteiger partial charge in [0.2, 0.25) is 0 Å². The van der Waals surface area contributed by atoms with Crippen molar-refractivity contribution in [2.75, 3.05) is 0 Å². The highest BCUT2D eigenvalue weighted by atomic mass is 35.5. The lowest BCUT2D eigenvalue weighted by molar-refractivity contribution is 0.506. The van der Waals surface area contributed by atoms with Crippen molar-refractivity contribution < 1.29 is 8.78 Å². The van der Waals surface area contributed by atoms with Crippen molar-refractivity contribution >= 4 is 12.4 Å². The Balaban J connectivity index is 0.00000196. The van der Waals surface area contributed by atoms with Crippen molar-refractivity contribution in [2.45, 2.75) is 32.7 Å². The SMILES string of the molecule is CCC[C@H](N)c1c(F)ccc(C)c1F.Cl. The lowest BCUT2D eigenvalue weighted by Gasteiger charge is -2.13. The first-order valence-corrected chi connectivity index (χ1v) is 4.78. The molecular formula is C11H16ClF2N. The van der Waals surface area contributed by atoms with Gasteiger partial charge in [-0.1, -0.05) is 19.4 Å². The first-order chi connectivity index (χ1) is 6.57. The summed E-state index contributed by atoms with van der Waals surface area (Å²) in [6.07, 6.45) is 1.41.